The molecule has 1 unspecified atom stereocenters. The van der Waals surface area contributed by atoms with Crippen LogP contribution in [0.5, 0.6) is 5.75 Å². The van der Waals surface area contributed by atoms with Gasteiger partial charge in [-0.1, -0.05) is 19.1 Å². The molecular formula is C17H21N5O. The van der Waals surface area contributed by atoms with E-state index >= 15 is 0 Å². The van der Waals surface area contributed by atoms with Gasteiger partial charge in [0.25, 0.3) is 5.78 Å². The number of rotatable bonds is 6. The Morgan fingerprint density at radius 3 is 2.91 bits per heavy atom. The first-order valence-corrected chi connectivity index (χ1v) is 7.90. The van der Waals surface area contributed by atoms with Gasteiger partial charge < -0.3 is 10.1 Å². The van der Waals surface area contributed by atoms with Crippen molar-refractivity contribution in [2.45, 2.75) is 33.2 Å². The Kier molecular flexibility index (Phi) is 4.41. The number of hydrogen-bond acceptors (Lipinski definition) is 5. The maximum atomic E-state index is 5.58. The van der Waals surface area contributed by atoms with Gasteiger partial charge in [-0.05, 0) is 38.0 Å². The molecule has 0 saturated carbocycles. The molecule has 0 radical (unpaired) electrons. The van der Waals surface area contributed by atoms with Crippen LogP contribution in [0.15, 0.2) is 36.7 Å². The van der Waals surface area contributed by atoms with Gasteiger partial charge in [0.15, 0.2) is 0 Å². The number of aromatic nitrogens is 4. The van der Waals surface area contributed by atoms with Gasteiger partial charge >= 0.3 is 0 Å². The Balaban J connectivity index is 1.89. The van der Waals surface area contributed by atoms with Crippen LogP contribution >= 0.6 is 0 Å². The third-order valence-electron chi connectivity index (χ3n) is 3.70. The van der Waals surface area contributed by atoms with Crippen LogP contribution in [0.25, 0.3) is 5.78 Å². The quantitative estimate of drug-likeness (QED) is 0.757. The fraction of sp³-hybridized carbons (Fsp3) is 0.353. The Morgan fingerprint density at radius 2 is 2.13 bits per heavy atom. The van der Waals surface area contributed by atoms with E-state index < -0.39 is 0 Å². The first-order chi connectivity index (χ1) is 11.2. The van der Waals surface area contributed by atoms with Crippen molar-refractivity contribution in [3.63, 3.8) is 0 Å². The molecule has 2 heterocycles. The van der Waals surface area contributed by atoms with Crippen molar-refractivity contribution in [2.75, 3.05) is 11.9 Å². The standard InChI is InChI=1S/C17H21N5O/c1-4-14-10-16(22-17(21-14)18-11-19-22)20-12(3)13-7-6-8-15(9-13)23-5-2/h6-12,20H,4-5H2,1-3H3. The second kappa shape index (κ2) is 6.64. The Hall–Kier alpha value is -2.63. The predicted molar refractivity (Wildman–Crippen MR) is 89.8 cm³/mol. The van der Waals surface area contributed by atoms with E-state index in [0.717, 1.165) is 29.2 Å². The number of aryl methyl sites for hydroxylation is 1. The average Bonchev–Trinajstić information content (AvgIpc) is 3.04. The van der Waals surface area contributed by atoms with Crippen molar-refractivity contribution in [1.82, 2.24) is 19.6 Å². The molecule has 0 saturated heterocycles. The lowest BCUT2D eigenvalue weighted by atomic mass is 10.1. The zero-order valence-corrected chi connectivity index (χ0v) is 13.7. The van der Waals surface area contributed by atoms with Gasteiger partial charge in [0.2, 0.25) is 0 Å². The highest BCUT2D eigenvalue weighted by atomic mass is 16.5. The van der Waals surface area contributed by atoms with Gasteiger partial charge in [-0.3, -0.25) is 0 Å². The molecule has 23 heavy (non-hydrogen) atoms. The van der Waals surface area contributed by atoms with Gasteiger partial charge in [-0.2, -0.15) is 14.6 Å². The van der Waals surface area contributed by atoms with Crippen LogP contribution in [0.2, 0.25) is 0 Å². The number of nitrogens with one attached hydrogen (secondary N) is 1. The van der Waals surface area contributed by atoms with Crippen LogP contribution in [0.4, 0.5) is 5.82 Å². The third-order valence-corrected chi connectivity index (χ3v) is 3.70. The molecule has 0 aliphatic rings. The molecule has 0 amide bonds. The molecule has 1 atom stereocenters. The summed E-state index contributed by atoms with van der Waals surface area (Å²) in [6.45, 7) is 6.84. The molecule has 1 aromatic carbocycles. The number of ether oxygens (including phenoxy) is 1. The van der Waals surface area contributed by atoms with Crippen molar-refractivity contribution in [1.29, 1.82) is 0 Å². The smallest absolute Gasteiger partial charge is 0.254 e. The monoisotopic (exact) mass is 311 g/mol. The lowest BCUT2D eigenvalue weighted by Crippen LogP contribution is -2.12. The SMILES string of the molecule is CCOc1cccc(C(C)Nc2cc(CC)nc3ncnn23)c1. The zero-order valence-electron chi connectivity index (χ0n) is 13.7. The summed E-state index contributed by atoms with van der Waals surface area (Å²) in [7, 11) is 0. The largest absolute Gasteiger partial charge is 0.494 e. The molecule has 0 bridgehead atoms. The summed E-state index contributed by atoms with van der Waals surface area (Å²) in [6.07, 6.45) is 2.37. The minimum atomic E-state index is 0.106. The first-order valence-electron chi connectivity index (χ1n) is 7.90. The third kappa shape index (κ3) is 3.26. The summed E-state index contributed by atoms with van der Waals surface area (Å²) < 4.78 is 7.30. The lowest BCUT2D eigenvalue weighted by Gasteiger charge is -2.17. The van der Waals surface area contributed by atoms with E-state index in [9.17, 15) is 0 Å². The topological polar surface area (TPSA) is 64.3 Å². The van der Waals surface area contributed by atoms with Gasteiger partial charge in [-0.25, -0.2) is 4.98 Å². The fourth-order valence-corrected chi connectivity index (χ4v) is 2.49. The molecule has 120 valence electrons. The van der Waals surface area contributed by atoms with Crippen LogP contribution in [0.3, 0.4) is 0 Å². The fourth-order valence-electron chi connectivity index (χ4n) is 2.49. The first kappa shape index (κ1) is 15.3. The minimum absolute atomic E-state index is 0.106. The number of fused-ring (bicyclic) bond motifs is 1. The van der Waals surface area contributed by atoms with Crippen molar-refractivity contribution in [3.8, 4) is 5.75 Å². The normalized spacial score (nSPS) is 12.3. The van der Waals surface area contributed by atoms with E-state index in [2.05, 4.69) is 46.4 Å². The molecule has 0 aliphatic carbocycles. The molecule has 3 rings (SSSR count). The summed E-state index contributed by atoms with van der Waals surface area (Å²) >= 11 is 0. The maximum absolute atomic E-state index is 5.58. The van der Waals surface area contributed by atoms with Crippen LogP contribution in [-0.4, -0.2) is 26.2 Å². The van der Waals surface area contributed by atoms with Crippen molar-refractivity contribution >= 4 is 11.6 Å². The van der Waals surface area contributed by atoms with Crippen LogP contribution in [0.1, 0.15) is 38.1 Å². The highest BCUT2D eigenvalue weighted by molar-refractivity contribution is 5.47. The number of benzene rings is 1. The molecule has 0 fully saturated rings. The second-order valence-electron chi connectivity index (χ2n) is 5.33. The highest BCUT2D eigenvalue weighted by Crippen LogP contribution is 2.23. The molecule has 2 aromatic heterocycles. The van der Waals surface area contributed by atoms with E-state index in [-0.39, 0.29) is 6.04 Å². The summed E-state index contributed by atoms with van der Waals surface area (Å²) in [5, 5.41) is 7.74. The summed E-state index contributed by atoms with van der Waals surface area (Å²) in [4.78, 5) is 8.65. The van der Waals surface area contributed by atoms with E-state index in [4.69, 9.17) is 4.74 Å². The van der Waals surface area contributed by atoms with Gasteiger partial charge in [-0.15, -0.1) is 0 Å². The van der Waals surface area contributed by atoms with Gasteiger partial charge in [0.1, 0.15) is 17.9 Å². The molecule has 3 aromatic rings. The predicted octanol–water partition coefficient (Wildman–Crippen LogP) is 3.26. The number of hydrogen-bond donors (Lipinski definition) is 1. The molecule has 0 spiro atoms. The second-order valence-corrected chi connectivity index (χ2v) is 5.33. The van der Waals surface area contributed by atoms with Crippen LogP contribution < -0.4 is 10.1 Å². The van der Waals surface area contributed by atoms with Crippen molar-refractivity contribution < 1.29 is 4.74 Å². The Labute approximate surface area is 135 Å². The highest BCUT2D eigenvalue weighted by Gasteiger charge is 2.11. The summed E-state index contributed by atoms with van der Waals surface area (Å²) in [5.74, 6) is 2.38. The Bertz CT molecular complexity index is 799. The average molecular weight is 311 g/mol. The molecule has 6 heteroatoms. The number of nitrogens with zero attached hydrogens (tertiary/aromatic N) is 4. The molecule has 1 N–H and O–H groups in total. The summed E-state index contributed by atoms with van der Waals surface area (Å²) in [6, 6.07) is 10.2. The van der Waals surface area contributed by atoms with Crippen LogP contribution in [-0.2, 0) is 6.42 Å². The summed E-state index contributed by atoms with van der Waals surface area (Å²) in [5.41, 5.74) is 2.14. The molecular weight excluding hydrogens is 290 g/mol. The van der Waals surface area contributed by atoms with E-state index in [1.165, 1.54) is 6.33 Å². The van der Waals surface area contributed by atoms with Gasteiger partial charge in [0.05, 0.1) is 12.6 Å². The van der Waals surface area contributed by atoms with E-state index in [1.807, 2.05) is 25.1 Å². The van der Waals surface area contributed by atoms with E-state index in [0.29, 0.717) is 12.4 Å². The zero-order chi connectivity index (χ0) is 16.2. The van der Waals surface area contributed by atoms with Crippen molar-refractivity contribution in [3.05, 3.63) is 47.9 Å². The molecule has 6 nitrogen and oxygen atoms in total. The molecule has 0 aliphatic heterocycles. The minimum Gasteiger partial charge on any atom is -0.494 e. The number of anilines is 1. The maximum Gasteiger partial charge on any atom is 0.254 e. The van der Waals surface area contributed by atoms with Gasteiger partial charge in [0, 0.05) is 11.8 Å². The van der Waals surface area contributed by atoms with E-state index in [1.54, 1.807) is 4.52 Å². The lowest BCUT2D eigenvalue weighted by molar-refractivity contribution is 0.340. The Morgan fingerprint density at radius 1 is 1.26 bits per heavy atom. The van der Waals surface area contributed by atoms with Crippen LogP contribution in [0, 0.1) is 0 Å². The van der Waals surface area contributed by atoms with Crippen molar-refractivity contribution in [2.24, 2.45) is 0 Å².